The van der Waals surface area contributed by atoms with Gasteiger partial charge in [-0.2, -0.15) is 0 Å². The molecule has 0 saturated heterocycles. The normalized spacial score (nSPS) is 10.5. The topological polar surface area (TPSA) is 35.0 Å². The molecule has 0 aliphatic carbocycles. The summed E-state index contributed by atoms with van der Waals surface area (Å²) in [5.41, 5.74) is 2.08. The van der Waals surface area contributed by atoms with Crippen LogP contribution < -0.4 is 4.74 Å². The van der Waals surface area contributed by atoms with E-state index in [4.69, 9.17) is 4.74 Å². The molecule has 3 aromatic rings. The van der Waals surface area contributed by atoms with Crippen molar-refractivity contribution < 1.29 is 4.74 Å². The Labute approximate surface area is 113 Å². The third kappa shape index (κ3) is 2.02. The van der Waals surface area contributed by atoms with Crippen molar-refractivity contribution in [3.05, 3.63) is 41.8 Å². The molecule has 0 radical (unpaired) electrons. The molecule has 0 bridgehead atoms. The molecule has 3 nitrogen and oxygen atoms in total. The van der Waals surface area contributed by atoms with E-state index >= 15 is 0 Å². The zero-order chi connectivity index (χ0) is 12.4. The standard InChI is InChI=1S/C13H10N2OS2/c1-16-10-6-4-9(5-7-10)13-12(14-15-18-13)11-3-2-8-17-11/h2-8H,1H3. The molecule has 1 aromatic carbocycles. The van der Waals surface area contributed by atoms with Crippen LogP contribution in [0.2, 0.25) is 0 Å². The maximum Gasteiger partial charge on any atom is 0.123 e. The van der Waals surface area contributed by atoms with Gasteiger partial charge in [0.05, 0.1) is 16.9 Å². The summed E-state index contributed by atoms with van der Waals surface area (Å²) in [7, 11) is 1.67. The zero-order valence-electron chi connectivity index (χ0n) is 9.66. The van der Waals surface area contributed by atoms with Crippen molar-refractivity contribution >= 4 is 22.9 Å². The van der Waals surface area contributed by atoms with Gasteiger partial charge in [-0.15, -0.1) is 16.4 Å². The lowest BCUT2D eigenvalue weighted by Gasteiger charge is -2.02. The first-order valence-electron chi connectivity index (χ1n) is 5.39. The van der Waals surface area contributed by atoms with Gasteiger partial charge in [-0.3, -0.25) is 0 Å². The molecule has 0 amide bonds. The third-order valence-corrected chi connectivity index (χ3v) is 4.25. The van der Waals surface area contributed by atoms with Gasteiger partial charge >= 0.3 is 0 Å². The highest BCUT2D eigenvalue weighted by atomic mass is 32.1. The molecule has 0 spiro atoms. The van der Waals surface area contributed by atoms with Crippen molar-refractivity contribution in [3.63, 3.8) is 0 Å². The molecule has 0 unspecified atom stereocenters. The first-order chi connectivity index (χ1) is 8.88. The van der Waals surface area contributed by atoms with E-state index in [9.17, 15) is 0 Å². The van der Waals surface area contributed by atoms with E-state index in [1.807, 2.05) is 35.7 Å². The summed E-state index contributed by atoms with van der Waals surface area (Å²) in [6.07, 6.45) is 0. The number of nitrogens with zero attached hydrogens (tertiary/aromatic N) is 2. The highest BCUT2D eigenvalue weighted by Crippen LogP contribution is 2.35. The summed E-state index contributed by atoms with van der Waals surface area (Å²) < 4.78 is 9.23. The van der Waals surface area contributed by atoms with Crippen LogP contribution in [0.25, 0.3) is 21.0 Å². The molecule has 2 aromatic heterocycles. The molecular weight excluding hydrogens is 264 g/mol. The predicted molar refractivity (Wildman–Crippen MR) is 75.2 cm³/mol. The van der Waals surface area contributed by atoms with Crippen molar-refractivity contribution in [1.82, 2.24) is 9.59 Å². The van der Waals surface area contributed by atoms with Gasteiger partial charge in [0.2, 0.25) is 0 Å². The van der Waals surface area contributed by atoms with Crippen LogP contribution in [-0.2, 0) is 0 Å². The molecule has 0 aliphatic rings. The number of aromatic nitrogens is 2. The number of methoxy groups -OCH3 is 1. The Balaban J connectivity index is 2.04. The zero-order valence-corrected chi connectivity index (χ0v) is 11.3. The summed E-state index contributed by atoms with van der Waals surface area (Å²) >= 11 is 3.10. The van der Waals surface area contributed by atoms with Crippen molar-refractivity contribution in [2.24, 2.45) is 0 Å². The molecule has 5 heteroatoms. The highest BCUT2D eigenvalue weighted by molar-refractivity contribution is 7.14. The van der Waals surface area contributed by atoms with Gasteiger partial charge in [-0.1, -0.05) is 10.6 Å². The molecule has 0 aliphatic heterocycles. The first kappa shape index (κ1) is 11.4. The maximum atomic E-state index is 5.16. The van der Waals surface area contributed by atoms with Crippen LogP contribution in [0.4, 0.5) is 0 Å². The molecule has 3 rings (SSSR count). The van der Waals surface area contributed by atoms with Gasteiger partial charge < -0.3 is 4.74 Å². The van der Waals surface area contributed by atoms with Gasteiger partial charge in [-0.25, -0.2) is 0 Å². The largest absolute Gasteiger partial charge is 0.497 e. The summed E-state index contributed by atoms with van der Waals surface area (Å²) in [5.74, 6) is 0.855. The van der Waals surface area contributed by atoms with E-state index in [1.54, 1.807) is 18.4 Å². The van der Waals surface area contributed by atoms with Crippen LogP contribution >= 0.6 is 22.9 Å². The van der Waals surface area contributed by atoms with Crippen LogP contribution in [0.3, 0.4) is 0 Å². The Morgan fingerprint density at radius 3 is 2.61 bits per heavy atom. The first-order valence-corrected chi connectivity index (χ1v) is 7.04. The van der Waals surface area contributed by atoms with Crippen LogP contribution in [0, 0.1) is 0 Å². The average molecular weight is 274 g/mol. The van der Waals surface area contributed by atoms with E-state index in [0.29, 0.717) is 0 Å². The minimum absolute atomic E-state index is 0.855. The Hall–Kier alpha value is -1.72. The molecule has 90 valence electrons. The highest BCUT2D eigenvalue weighted by Gasteiger charge is 2.13. The van der Waals surface area contributed by atoms with Crippen molar-refractivity contribution in [1.29, 1.82) is 0 Å². The van der Waals surface area contributed by atoms with Gasteiger partial charge in [0.15, 0.2) is 0 Å². The van der Waals surface area contributed by atoms with Crippen LogP contribution in [-0.4, -0.2) is 16.7 Å². The lowest BCUT2D eigenvalue weighted by molar-refractivity contribution is 0.415. The van der Waals surface area contributed by atoms with Crippen molar-refractivity contribution in [2.75, 3.05) is 7.11 Å². The minimum atomic E-state index is 0.855. The number of thiophene rings is 1. The molecule has 0 fully saturated rings. The van der Waals surface area contributed by atoms with Crippen LogP contribution in [0.1, 0.15) is 0 Å². The lowest BCUT2D eigenvalue weighted by Crippen LogP contribution is -1.82. The minimum Gasteiger partial charge on any atom is -0.497 e. The second kappa shape index (κ2) is 4.88. The summed E-state index contributed by atoms with van der Waals surface area (Å²) in [6.45, 7) is 0. The smallest absolute Gasteiger partial charge is 0.123 e. The van der Waals surface area contributed by atoms with Crippen LogP contribution in [0.5, 0.6) is 5.75 Å². The predicted octanol–water partition coefficient (Wildman–Crippen LogP) is 3.94. The van der Waals surface area contributed by atoms with Gasteiger partial charge in [0.1, 0.15) is 11.4 Å². The molecule has 18 heavy (non-hydrogen) atoms. The molecular formula is C13H10N2OS2. The molecule has 0 N–H and O–H groups in total. The number of hydrogen-bond donors (Lipinski definition) is 0. The molecule has 0 saturated carbocycles. The van der Waals surface area contributed by atoms with Gasteiger partial charge in [0.25, 0.3) is 0 Å². The maximum absolute atomic E-state index is 5.16. The Bertz CT molecular complexity index is 629. The number of ether oxygens (including phenoxy) is 1. The van der Waals surface area contributed by atoms with Crippen LogP contribution in [0.15, 0.2) is 41.8 Å². The third-order valence-electron chi connectivity index (χ3n) is 2.59. The summed E-state index contributed by atoms with van der Waals surface area (Å²) in [4.78, 5) is 2.25. The quantitative estimate of drug-likeness (QED) is 0.725. The SMILES string of the molecule is COc1ccc(-c2snnc2-c2cccs2)cc1. The summed E-state index contributed by atoms with van der Waals surface area (Å²) in [5, 5.41) is 6.27. The van der Waals surface area contributed by atoms with E-state index in [-0.39, 0.29) is 0 Å². The molecule has 0 atom stereocenters. The van der Waals surface area contributed by atoms with Gasteiger partial charge in [0, 0.05) is 0 Å². The summed E-state index contributed by atoms with van der Waals surface area (Å²) in [6, 6.07) is 12.1. The van der Waals surface area contributed by atoms with E-state index in [1.165, 1.54) is 11.5 Å². The second-order valence-electron chi connectivity index (χ2n) is 3.66. The Morgan fingerprint density at radius 1 is 1.11 bits per heavy atom. The average Bonchev–Trinajstić information content (AvgIpc) is 3.09. The monoisotopic (exact) mass is 274 g/mol. The van der Waals surface area contributed by atoms with E-state index < -0.39 is 0 Å². The second-order valence-corrected chi connectivity index (χ2v) is 5.36. The van der Waals surface area contributed by atoms with Crippen molar-refractivity contribution in [2.45, 2.75) is 0 Å². The lowest BCUT2D eigenvalue weighted by atomic mass is 10.1. The Morgan fingerprint density at radius 2 is 1.94 bits per heavy atom. The van der Waals surface area contributed by atoms with E-state index in [0.717, 1.165) is 26.8 Å². The fourth-order valence-corrected chi connectivity index (χ4v) is 3.16. The number of benzene rings is 1. The van der Waals surface area contributed by atoms with Gasteiger partial charge in [-0.05, 0) is 52.8 Å². The van der Waals surface area contributed by atoms with Crippen molar-refractivity contribution in [3.8, 4) is 26.8 Å². The fraction of sp³-hybridized carbons (Fsp3) is 0.0769. The van der Waals surface area contributed by atoms with E-state index in [2.05, 4.69) is 15.7 Å². The number of hydrogen-bond acceptors (Lipinski definition) is 5. The number of rotatable bonds is 3. The molecule has 2 heterocycles. The fourth-order valence-electron chi connectivity index (χ4n) is 1.70. The Kier molecular flexibility index (Phi) is 3.08.